The first-order valence-electron chi connectivity index (χ1n) is 9.06. The number of aryl methyl sites for hydroxylation is 1. The van der Waals surface area contributed by atoms with Gasteiger partial charge in [-0.15, -0.1) is 0 Å². The number of anilines is 2. The van der Waals surface area contributed by atoms with E-state index in [4.69, 9.17) is 5.26 Å². The van der Waals surface area contributed by atoms with Crippen LogP contribution < -0.4 is 9.80 Å². The fraction of sp³-hybridized carbons (Fsp3) is 0.273. The molecule has 1 unspecified atom stereocenters. The highest BCUT2D eigenvalue weighted by molar-refractivity contribution is 6.10. The molecule has 0 aliphatic carbocycles. The van der Waals surface area contributed by atoms with Crippen molar-refractivity contribution >= 4 is 17.3 Å². The molecule has 0 bridgehead atoms. The number of alkyl halides is 3. The van der Waals surface area contributed by atoms with E-state index in [0.717, 1.165) is 23.4 Å². The Morgan fingerprint density at radius 1 is 1.14 bits per heavy atom. The number of hydrogen-bond acceptors (Lipinski definition) is 3. The molecule has 1 aliphatic heterocycles. The van der Waals surface area contributed by atoms with Gasteiger partial charge in [-0.05, 0) is 50.6 Å². The largest absolute Gasteiger partial charge is 0.417 e. The van der Waals surface area contributed by atoms with Crippen LogP contribution in [-0.4, -0.2) is 11.4 Å². The van der Waals surface area contributed by atoms with Crippen molar-refractivity contribution in [2.45, 2.75) is 38.9 Å². The number of hydrogen-bond donors (Lipinski definition) is 0. The van der Waals surface area contributed by atoms with Crippen LogP contribution >= 0.6 is 0 Å². The van der Waals surface area contributed by atoms with Crippen LogP contribution in [0, 0.1) is 18.3 Å². The van der Waals surface area contributed by atoms with Crippen molar-refractivity contribution in [3.05, 3.63) is 71.6 Å². The van der Waals surface area contributed by atoms with Gasteiger partial charge in [0, 0.05) is 5.69 Å². The van der Waals surface area contributed by atoms with E-state index >= 15 is 0 Å². The van der Waals surface area contributed by atoms with Crippen molar-refractivity contribution < 1.29 is 18.0 Å². The first kappa shape index (κ1) is 20.5. The minimum absolute atomic E-state index is 0.0283. The minimum Gasteiger partial charge on any atom is -0.313 e. The molecule has 0 spiro atoms. The molecule has 1 heterocycles. The van der Waals surface area contributed by atoms with Gasteiger partial charge in [0.05, 0.1) is 22.9 Å². The van der Waals surface area contributed by atoms with E-state index in [1.165, 1.54) is 11.0 Å². The van der Waals surface area contributed by atoms with Gasteiger partial charge in [-0.1, -0.05) is 31.2 Å². The van der Waals surface area contributed by atoms with Gasteiger partial charge >= 0.3 is 6.18 Å². The fourth-order valence-electron chi connectivity index (χ4n) is 3.55. The molecule has 150 valence electrons. The maximum Gasteiger partial charge on any atom is 0.417 e. The summed E-state index contributed by atoms with van der Waals surface area (Å²) in [7, 11) is 0. The van der Waals surface area contributed by atoms with Crippen LogP contribution in [0.4, 0.5) is 24.5 Å². The summed E-state index contributed by atoms with van der Waals surface area (Å²) in [5, 5.41) is 9.02. The number of carbonyl (C=O) groups is 1. The van der Waals surface area contributed by atoms with Gasteiger partial charge in [-0.2, -0.15) is 18.4 Å². The summed E-state index contributed by atoms with van der Waals surface area (Å²) < 4.78 is 40.2. The van der Waals surface area contributed by atoms with E-state index in [0.29, 0.717) is 6.42 Å². The van der Waals surface area contributed by atoms with Crippen LogP contribution in [-0.2, 0) is 11.0 Å². The Hall–Kier alpha value is -3.27. The van der Waals surface area contributed by atoms with Crippen molar-refractivity contribution in [1.29, 1.82) is 5.26 Å². The fourth-order valence-corrected chi connectivity index (χ4v) is 3.55. The molecule has 4 nitrogen and oxygen atoms in total. The zero-order valence-corrected chi connectivity index (χ0v) is 16.3. The van der Waals surface area contributed by atoms with Crippen LogP contribution in [0.2, 0.25) is 0 Å². The smallest absolute Gasteiger partial charge is 0.313 e. The molecule has 2 aromatic carbocycles. The lowest BCUT2D eigenvalue weighted by Crippen LogP contribution is -2.45. The van der Waals surface area contributed by atoms with Gasteiger partial charge < -0.3 is 4.90 Å². The monoisotopic (exact) mass is 399 g/mol. The maximum atomic E-state index is 13.4. The van der Waals surface area contributed by atoms with Crippen molar-refractivity contribution in [2.75, 3.05) is 9.80 Å². The molecule has 3 rings (SSSR count). The van der Waals surface area contributed by atoms with Gasteiger partial charge in [-0.25, -0.2) is 0 Å². The molecule has 1 amide bonds. The topological polar surface area (TPSA) is 47.3 Å². The summed E-state index contributed by atoms with van der Waals surface area (Å²) in [6, 6.07) is 12.3. The summed E-state index contributed by atoms with van der Waals surface area (Å²) in [4.78, 5) is 16.3. The van der Waals surface area contributed by atoms with E-state index in [1.54, 1.807) is 17.9 Å². The lowest BCUT2D eigenvalue weighted by atomic mass is 9.96. The van der Waals surface area contributed by atoms with E-state index < -0.39 is 22.8 Å². The molecule has 1 fully saturated rings. The van der Waals surface area contributed by atoms with Gasteiger partial charge in [-0.3, -0.25) is 9.69 Å². The molecule has 0 saturated carbocycles. The molecule has 0 radical (unpaired) electrons. The summed E-state index contributed by atoms with van der Waals surface area (Å²) in [5.74, 6) is -0.107. The number of nitrogens with zero attached hydrogens (tertiary/aromatic N) is 3. The number of benzene rings is 2. The molecule has 1 atom stereocenters. The lowest BCUT2D eigenvalue weighted by Gasteiger charge is -2.33. The Morgan fingerprint density at radius 3 is 2.24 bits per heavy atom. The quantitative estimate of drug-likeness (QED) is 0.696. The zero-order chi connectivity index (χ0) is 21.6. The molecular formula is C22H20F3N3O. The predicted octanol–water partition coefficient (Wildman–Crippen LogP) is 5.38. The van der Waals surface area contributed by atoms with E-state index in [-0.39, 0.29) is 17.4 Å². The Labute approximate surface area is 167 Å². The second kappa shape index (κ2) is 6.96. The SMILES string of the molecule is C=C1N(c2ccc(C#N)c(C(F)(F)F)c2)C(=O)C(C)(CC)N1c1ccc(C)cc1. The first-order valence-corrected chi connectivity index (χ1v) is 9.06. The maximum absolute atomic E-state index is 13.4. The average molecular weight is 399 g/mol. The number of nitriles is 1. The molecule has 7 heteroatoms. The van der Waals surface area contributed by atoms with Gasteiger partial charge in [0.25, 0.3) is 5.91 Å². The highest BCUT2D eigenvalue weighted by Crippen LogP contribution is 2.43. The highest BCUT2D eigenvalue weighted by atomic mass is 19.4. The van der Waals surface area contributed by atoms with Crippen molar-refractivity contribution in [2.24, 2.45) is 0 Å². The molecule has 29 heavy (non-hydrogen) atoms. The first-order chi connectivity index (χ1) is 13.5. The summed E-state index contributed by atoms with van der Waals surface area (Å²) >= 11 is 0. The minimum atomic E-state index is -4.71. The molecule has 2 aromatic rings. The van der Waals surface area contributed by atoms with Crippen LogP contribution in [0.1, 0.15) is 37.0 Å². The molecule has 1 saturated heterocycles. The number of carbonyl (C=O) groups excluding carboxylic acids is 1. The van der Waals surface area contributed by atoms with E-state index in [9.17, 15) is 18.0 Å². The van der Waals surface area contributed by atoms with E-state index in [1.807, 2.05) is 38.1 Å². The Bertz CT molecular complexity index is 1020. The molecule has 1 aliphatic rings. The van der Waals surface area contributed by atoms with Gasteiger partial charge in [0.2, 0.25) is 0 Å². The van der Waals surface area contributed by atoms with Crippen molar-refractivity contribution in [3.63, 3.8) is 0 Å². The Balaban J connectivity index is 2.14. The number of rotatable bonds is 3. The summed E-state index contributed by atoms with van der Waals surface area (Å²) in [6.45, 7) is 9.53. The third kappa shape index (κ3) is 3.25. The summed E-state index contributed by atoms with van der Waals surface area (Å²) in [6.07, 6.45) is -4.28. The normalized spacial score (nSPS) is 19.6. The summed E-state index contributed by atoms with van der Waals surface area (Å²) in [5.41, 5.74) is -0.774. The number of amides is 1. The van der Waals surface area contributed by atoms with Crippen LogP contribution in [0.3, 0.4) is 0 Å². The van der Waals surface area contributed by atoms with Crippen molar-refractivity contribution in [1.82, 2.24) is 0 Å². The third-order valence-corrected chi connectivity index (χ3v) is 5.34. The second-order valence-electron chi connectivity index (χ2n) is 7.19. The average Bonchev–Trinajstić information content (AvgIpc) is 2.88. The third-order valence-electron chi connectivity index (χ3n) is 5.34. The molecule has 0 aromatic heterocycles. The highest BCUT2D eigenvalue weighted by Gasteiger charge is 2.51. The predicted molar refractivity (Wildman–Crippen MR) is 105 cm³/mol. The van der Waals surface area contributed by atoms with Crippen LogP contribution in [0.5, 0.6) is 0 Å². The Kier molecular flexibility index (Phi) is 4.91. The van der Waals surface area contributed by atoms with Crippen LogP contribution in [0.25, 0.3) is 0 Å². The van der Waals surface area contributed by atoms with Gasteiger partial charge in [0.1, 0.15) is 11.4 Å². The lowest BCUT2D eigenvalue weighted by molar-refractivity contribution is -0.137. The zero-order valence-electron chi connectivity index (χ0n) is 16.3. The Morgan fingerprint density at radius 2 is 1.72 bits per heavy atom. The second-order valence-corrected chi connectivity index (χ2v) is 7.19. The van der Waals surface area contributed by atoms with E-state index in [2.05, 4.69) is 6.58 Å². The van der Waals surface area contributed by atoms with Crippen molar-refractivity contribution in [3.8, 4) is 6.07 Å². The van der Waals surface area contributed by atoms with Crippen LogP contribution in [0.15, 0.2) is 54.9 Å². The standard InChI is InChI=1S/C22H20F3N3O/c1-5-21(4)20(29)27(15(3)28(21)17-9-6-14(2)7-10-17)18-11-8-16(13-26)19(12-18)22(23,24)25/h6-12H,3,5H2,1-2,4H3. The van der Waals surface area contributed by atoms with Gasteiger partial charge in [0.15, 0.2) is 0 Å². The molecular weight excluding hydrogens is 379 g/mol. The molecule has 0 N–H and O–H groups in total. The number of halogens is 3.